The molecule has 1 saturated heterocycles. The first kappa shape index (κ1) is 23.3. The van der Waals surface area contributed by atoms with Crippen molar-refractivity contribution in [1.29, 1.82) is 5.26 Å². The monoisotopic (exact) mass is 459 g/mol. The first-order chi connectivity index (χ1) is 14.9. The molecule has 0 radical (unpaired) electrons. The molecule has 3 atom stereocenters. The van der Waals surface area contributed by atoms with E-state index in [4.69, 9.17) is 10.00 Å². The van der Waals surface area contributed by atoms with Crippen LogP contribution in [0, 0.1) is 21.4 Å². The van der Waals surface area contributed by atoms with Gasteiger partial charge in [0.1, 0.15) is 24.0 Å². The fourth-order valence-electron chi connectivity index (χ4n) is 3.64. The van der Waals surface area contributed by atoms with Gasteiger partial charge in [0.15, 0.2) is 0 Å². The van der Waals surface area contributed by atoms with E-state index in [-0.39, 0.29) is 18.6 Å². The molecule has 0 amide bonds. The van der Waals surface area contributed by atoms with E-state index in [1.807, 2.05) is 6.07 Å². The van der Waals surface area contributed by atoms with E-state index in [2.05, 4.69) is 5.32 Å². The van der Waals surface area contributed by atoms with Gasteiger partial charge in [-0.3, -0.25) is 15.4 Å². The lowest BCUT2D eigenvalue weighted by atomic mass is 9.89. The zero-order valence-electron chi connectivity index (χ0n) is 16.1. The van der Waals surface area contributed by atoms with Crippen LogP contribution in [0.5, 0.6) is 5.75 Å². The van der Waals surface area contributed by atoms with Crippen LogP contribution in [0.25, 0.3) is 0 Å². The molecule has 170 valence electrons. The van der Waals surface area contributed by atoms with Crippen LogP contribution in [-0.4, -0.2) is 29.8 Å². The summed E-state index contributed by atoms with van der Waals surface area (Å²) < 4.78 is 86.0. The molecule has 0 saturated carbocycles. The number of hydrogen-bond donors (Lipinski definition) is 1. The molecule has 6 nitrogen and oxygen atoms in total. The van der Waals surface area contributed by atoms with Gasteiger partial charge in [-0.25, -0.2) is 0 Å². The van der Waals surface area contributed by atoms with Gasteiger partial charge in [0.2, 0.25) is 0 Å². The minimum absolute atomic E-state index is 0.199. The van der Waals surface area contributed by atoms with Gasteiger partial charge < -0.3 is 4.74 Å². The van der Waals surface area contributed by atoms with E-state index in [1.165, 1.54) is 24.3 Å². The number of nitro groups is 1. The second-order valence-corrected chi connectivity index (χ2v) is 7.20. The SMILES string of the molecule is N#Cc1ccc(OC[C@@H]2CC(c3ccc([N+](=O)[O-])c(C(F)(F)F)c3)[C@H](C(F)(F)F)N2)cc1. The normalized spacial score (nSPS) is 21.2. The molecule has 0 spiro atoms. The van der Waals surface area contributed by atoms with Gasteiger partial charge in [0, 0.05) is 18.0 Å². The number of halogens is 6. The maximum atomic E-state index is 13.6. The van der Waals surface area contributed by atoms with Crippen molar-refractivity contribution in [3.63, 3.8) is 0 Å². The Kier molecular flexibility index (Phi) is 6.32. The first-order valence-corrected chi connectivity index (χ1v) is 9.21. The summed E-state index contributed by atoms with van der Waals surface area (Å²) in [4.78, 5) is 9.69. The largest absolute Gasteiger partial charge is 0.492 e. The molecule has 1 aliphatic heterocycles. The summed E-state index contributed by atoms with van der Waals surface area (Å²) in [6.07, 6.45) is -10.1. The molecule has 0 aliphatic carbocycles. The van der Waals surface area contributed by atoms with Crippen LogP contribution in [0.1, 0.15) is 29.0 Å². The van der Waals surface area contributed by atoms with Crippen molar-refractivity contribution in [2.75, 3.05) is 6.61 Å². The second kappa shape index (κ2) is 8.66. The van der Waals surface area contributed by atoms with Crippen LogP contribution >= 0.6 is 0 Å². The van der Waals surface area contributed by atoms with Crippen molar-refractivity contribution in [2.45, 2.75) is 36.8 Å². The quantitative estimate of drug-likeness (QED) is 0.389. The van der Waals surface area contributed by atoms with Crippen molar-refractivity contribution in [3.8, 4) is 11.8 Å². The fourth-order valence-corrected chi connectivity index (χ4v) is 3.64. The summed E-state index contributed by atoms with van der Waals surface area (Å²) in [5.74, 6) is -1.08. The Morgan fingerprint density at radius 3 is 2.31 bits per heavy atom. The third-order valence-electron chi connectivity index (χ3n) is 5.09. The predicted molar refractivity (Wildman–Crippen MR) is 98.9 cm³/mol. The lowest BCUT2D eigenvalue weighted by Crippen LogP contribution is -2.44. The summed E-state index contributed by atoms with van der Waals surface area (Å²) in [6.45, 7) is -0.200. The van der Waals surface area contributed by atoms with E-state index < -0.39 is 46.5 Å². The average Bonchev–Trinajstić information content (AvgIpc) is 3.16. The number of ether oxygens (including phenoxy) is 1. The van der Waals surface area contributed by atoms with Gasteiger partial charge in [-0.2, -0.15) is 31.6 Å². The molecule has 1 unspecified atom stereocenters. The highest BCUT2D eigenvalue weighted by atomic mass is 19.4. The van der Waals surface area contributed by atoms with E-state index >= 15 is 0 Å². The smallest absolute Gasteiger partial charge is 0.423 e. The fraction of sp³-hybridized carbons (Fsp3) is 0.350. The molecule has 1 aliphatic rings. The highest BCUT2D eigenvalue weighted by molar-refractivity contribution is 5.46. The molecule has 0 bridgehead atoms. The number of nitrogens with zero attached hydrogens (tertiary/aromatic N) is 2. The number of rotatable bonds is 5. The molecule has 12 heteroatoms. The number of nitro benzene ring substituents is 1. The molecule has 1 N–H and O–H groups in total. The third kappa shape index (κ3) is 5.11. The Balaban J connectivity index is 1.84. The summed E-state index contributed by atoms with van der Waals surface area (Å²) in [5.41, 5.74) is -2.76. The molecular weight excluding hydrogens is 444 g/mol. The van der Waals surface area contributed by atoms with Crippen molar-refractivity contribution in [3.05, 3.63) is 69.3 Å². The molecule has 0 aromatic heterocycles. The number of alkyl halides is 6. The summed E-state index contributed by atoms with van der Waals surface area (Å²) in [6, 6.07) is 6.69. The van der Waals surface area contributed by atoms with Gasteiger partial charge in [0.05, 0.1) is 16.6 Å². The molecule has 32 heavy (non-hydrogen) atoms. The lowest BCUT2D eigenvalue weighted by molar-refractivity contribution is -0.388. The van der Waals surface area contributed by atoms with E-state index in [1.54, 1.807) is 0 Å². The van der Waals surface area contributed by atoms with Crippen molar-refractivity contribution in [1.82, 2.24) is 5.32 Å². The Bertz CT molecular complexity index is 1030. The number of nitrogens with one attached hydrogen (secondary N) is 1. The van der Waals surface area contributed by atoms with Crippen LogP contribution in [0.3, 0.4) is 0 Å². The Hall–Kier alpha value is -3.33. The molecular formula is C20H15F6N3O3. The summed E-state index contributed by atoms with van der Waals surface area (Å²) >= 11 is 0. The second-order valence-electron chi connectivity index (χ2n) is 7.20. The Morgan fingerprint density at radius 1 is 1.12 bits per heavy atom. The van der Waals surface area contributed by atoms with Crippen LogP contribution in [0.4, 0.5) is 32.0 Å². The Morgan fingerprint density at radius 2 is 1.78 bits per heavy atom. The van der Waals surface area contributed by atoms with Crippen molar-refractivity contribution in [2.24, 2.45) is 0 Å². The minimum atomic E-state index is -5.10. The number of benzene rings is 2. The van der Waals surface area contributed by atoms with Gasteiger partial charge >= 0.3 is 12.4 Å². The summed E-state index contributed by atoms with van der Waals surface area (Å²) in [7, 11) is 0. The van der Waals surface area contributed by atoms with Gasteiger partial charge in [-0.05, 0) is 42.3 Å². The lowest BCUT2D eigenvalue weighted by Gasteiger charge is -2.23. The summed E-state index contributed by atoms with van der Waals surface area (Å²) in [5, 5.41) is 22.0. The minimum Gasteiger partial charge on any atom is -0.492 e. The number of nitriles is 1. The van der Waals surface area contributed by atoms with Gasteiger partial charge in [0.25, 0.3) is 5.69 Å². The third-order valence-corrected chi connectivity index (χ3v) is 5.09. The predicted octanol–water partition coefficient (Wildman–Crippen LogP) is 4.94. The molecule has 1 fully saturated rings. The van der Waals surface area contributed by atoms with Crippen LogP contribution in [0.15, 0.2) is 42.5 Å². The maximum absolute atomic E-state index is 13.6. The maximum Gasteiger partial charge on any atom is 0.423 e. The molecule has 2 aromatic rings. The topological polar surface area (TPSA) is 88.2 Å². The average molecular weight is 459 g/mol. The van der Waals surface area contributed by atoms with E-state index in [0.29, 0.717) is 23.4 Å². The van der Waals surface area contributed by atoms with E-state index in [9.17, 15) is 36.5 Å². The Labute approximate surface area is 177 Å². The van der Waals surface area contributed by atoms with Gasteiger partial charge in [-0.15, -0.1) is 0 Å². The highest BCUT2D eigenvalue weighted by Crippen LogP contribution is 2.43. The molecule has 2 aromatic carbocycles. The molecule has 1 heterocycles. The van der Waals surface area contributed by atoms with Crippen LogP contribution in [0.2, 0.25) is 0 Å². The van der Waals surface area contributed by atoms with Crippen molar-refractivity contribution >= 4 is 5.69 Å². The first-order valence-electron chi connectivity index (χ1n) is 9.21. The molecule has 3 rings (SSSR count). The highest BCUT2D eigenvalue weighted by Gasteiger charge is 2.51. The zero-order valence-corrected chi connectivity index (χ0v) is 16.1. The van der Waals surface area contributed by atoms with E-state index in [0.717, 1.165) is 6.07 Å². The van der Waals surface area contributed by atoms with Crippen LogP contribution in [-0.2, 0) is 6.18 Å². The standard InChI is InChI=1S/C20H15F6N3O3/c21-19(22,23)16-7-12(3-6-17(16)29(30)31)15-8-13(28-18(15)20(24,25)26)10-32-14-4-1-11(9-27)2-5-14/h1-7,13,15,18,28H,8,10H2/t13-,15?,18+/m0/s1. The zero-order chi connectivity index (χ0) is 23.7. The van der Waals surface area contributed by atoms with Crippen molar-refractivity contribution < 1.29 is 36.0 Å². The van der Waals surface area contributed by atoms with Crippen LogP contribution < -0.4 is 10.1 Å². The van der Waals surface area contributed by atoms with Gasteiger partial charge in [-0.1, -0.05) is 6.07 Å². The number of hydrogen-bond acceptors (Lipinski definition) is 5.